The van der Waals surface area contributed by atoms with Gasteiger partial charge in [-0.3, -0.25) is 0 Å². The van der Waals surface area contributed by atoms with Gasteiger partial charge in [-0.25, -0.2) is 0 Å². The average molecular weight is 150 g/mol. The lowest BCUT2D eigenvalue weighted by Crippen LogP contribution is -2.53. The van der Waals surface area contributed by atoms with Crippen LogP contribution in [0.5, 0.6) is 0 Å². The highest BCUT2D eigenvalue weighted by Crippen LogP contribution is 2.44. The minimum Gasteiger partial charge on any atom is -0.327 e. The van der Waals surface area contributed by atoms with Crippen LogP contribution in [0.15, 0.2) is 0 Å². The van der Waals surface area contributed by atoms with Gasteiger partial charge in [-0.2, -0.15) is 0 Å². The van der Waals surface area contributed by atoms with Crippen molar-refractivity contribution in [3.05, 3.63) is 0 Å². The van der Waals surface area contributed by atoms with Crippen LogP contribution >= 0.6 is 12.4 Å². The van der Waals surface area contributed by atoms with E-state index in [-0.39, 0.29) is 12.4 Å². The second-order valence-corrected chi connectivity index (χ2v) is 3.56. The van der Waals surface area contributed by atoms with Gasteiger partial charge in [-0.05, 0) is 17.8 Å². The highest BCUT2D eigenvalue weighted by Gasteiger charge is 2.42. The van der Waals surface area contributed by atoms with Gasteiger partial charge in [0.15, 0.2) is 0 Å². The van der Waals surface area contributed by atoms with Crippen LogP contribution < -0.4 is 5.73 Å². The van der Waals surface area contributed by atoms with E-state index in [9.17, 15) is 0 Å². The van der Waals surface area contributed by atoms with E-state index in [1.807, 2.05) is 0 Å². The third-order valence-electron chi connectivity index (χ3n) is 2.83. The molecule has 0 aromatic carbocycles. The molecule has 1 saturated carbocycles. The Balaban J connectivity index is 0.000000640. The Morgan fingerprint density at radius 1 is 1.44 bits per heavy atom. The fraction of sp³-hybridized carbons (Fsp3) is 1.00. The third-order valence-corrected chi connectivity index (χ3v) is 2.83. The molecular weight excluding hydrogens is 134 g/mol. The molecular formula is C7H16ClN. The summed E-state index contributed by atoms with van der Waals surface area (Å²) in [5, 5.41) is 0. The van der Waals surface area contributed by atoms with Crippen molar-refractivity contribution in [3.63, 3.8) is 0 Å². The van der Waals surface area contributed by atoms with E-state index in [0.717, 1.165) is 5.92 Å². The minimum absolute atomic E-state index is 0. The van der Waals surface area contributed by atoms with Crippen LogP contribution in [0, 0.1) is 11.3 Å². The van der Waals surface area contributed by atoms with E-state index >= 15 is 0 Å². The van der Waals surface area contributed by atoms with Crippen molar-refractivity contribution in [2.75, 3.05) is 0 Å². The molecule has 0 aliphatic heterocycles. The molecule has 1 aliphatic carbocycles. The molecule has 2 N–H and O–H groups in total. The lowest BCUT2D eigenvalue weighted by molar-refractivity contribution is 0.0527. The SMILES string of the molecule is C[C@H]1C[C@@H](N)C1(C)C.Cl. The van der Waals surface area contributed by atoms with Gasteiger partial charge in [0.05, 0.1) is 0 Å². The topological polar surface area (TPSA) is 26.0 Å². The van der Waals surface area contributed by atoms with Gasteiger partial charge in [0.1, 0.15) is 0 Å². The number of halogens is 1. The van der Waals surface area contributed by atoms with E-state index in [4.69, 9.17) is 5.73 Å². The van der Waals surface area contributed by atoms with Gasteiger partial charge in [0.2, 0.25) is 0 Å². The minimum atomic E-state index is 0. The molecule has 2 atom stereocenters. The normalized spacial score (nSPS) is 38.7. The Hall–Kier alpha value is 0.250. The highest BCUT2D eigenvalue weighted by atomic mass is 35.5. The van der Waals surface area contributed by atoms with Crippen molar-refractivity contribution in [1.82, 2.24) is 0 Å². The van der Waals surface area contributed by atoms with E-state index in [2.05, 4.69) is 20.8 Å². The summed E-state index contributed by atoms with van der Waals surface area (Å²) in [5.74, 6) is 0.831. The zero-order valence-corrected chi connectivity index (χ0v) is 7.16. The molecule has 0 heterocycles. The summed E-state index contributed by atoms with van der Waals surface area (Å²) in [5.41, 5.74) is 6.16. The summed E-state index contributed by atoms with van der Waals surface area (Å²) < 4.78 is 0. The Bertz CT molecular complexity index is 91.1. The molecule has 9 heavy (non-hydrogen) atoms. The van der Waals surface area contributed by atoms with Gasteiger partial charge < -0.3 is 5.73 Å². The molecule has 0 bridgehead atoms. The third kappa shape index (κ3) is 1.22. The molecule has 2 heteroatoms. The van der Waals surface area contributed by atoms with Crippen molar-refractivity contribution in [3.8, 4) is 0 Å². The number of hydrogen-bond donors (Lipinski definition) is 1. The van der Waals surface area contributed by atoms with Crippen LogP contribution in [-0.2, 0) is 0 Å². The lowest BCUT2D eigenvalue weighted by atomic mass is 9.60. The lowest BCUT2D eigenvalue weighted by Gasteiger charge is -2.48. The van der Waals surface area contributed by atoms with Crippen LogP contribution in [0.2, 0.25) is 0 Å². The quantitative estimate of drug-likeness (QED) is 0.559. The summed E-state index contributed by atoms with van der Waals surface area (Å²) in [6, 6.07) is 0.456. The molecule has 1 aliphatic rings. The van der Waals surface area contributed by atoms with Gasteiger partial charge in [-0.1, -0.05) is 20.8 Å². The first kappa shape index (κ1) is 9.25. The van der Waals surface area contributed by atoms with Crippen LogP contribution in [0.25, 0.3) is 0 Å². The Labute approximate surface area is 63.4 Å². The smallest absolute Gasteiger partial charge is 0.00955 e. The molecule has 0 radical (unpaired) electrons. The largest absolute Gasteiger partial charge is 0.327 e. The predicted molar refractivity (Wildman–Crippen MR) is 42.8 cm³/mol. The average Bonchev–Trinajstić information content (AvgIpc) is 1.68. The summed E-state index contributed by atoms with van der Waals surface area (Å²) in [6.07, 6.45) is 1.22. The Morgan fingerprint density at radius 2 is 1.89 bits per heavy atom. The molecule has 0 saturated heterocycles. The van der Waals surface area contributed by atoms with Gasteiger partial charge in [-0.15, -0.1) is 12.4 Å². The number of rotatable bonds is 0. The maximum atomic E-state index is 5.75. The zero-order valence-electron chi connectivity index (χ0n) is 6.35. The maximum absolute atomic E-state index is 5.75. The summed E-state index contributed by atoms with van der Waals surface area (Å²) >= 11 is 0. The van der Waals surface area contributed by atoms with Crippen molar-refractivity contribution in [1.29, 1.82) is 0 Å². The second kappa shape index (κ2) is 2.47. The van der Waals surface area contributed by atoms with E-state index < -0.39 is 0 Å². The summed E-state index contributed by atoms with van der Waals surface area (Å²) in [4.78, 5) is 0. The van der Waals surface area contributed by atoms with Crippen molar-refractivity contribution in [2.24, 2.45) is 17.1 Å². The molecule has 1 fully saturated rings. The standard InChI is InChI=1S/C7H15N.ClH/c1-5-4-6(8)7(5,2)3;/h5-6H,4,8H2,1-3H3;1H/t5-,6+;/m0./s1. The predicted octanol–water partition coefficient (Wildman–Crippen LogP) is 1.80. The molecule has 0 aromatic rings. The summed E-state index contributed by atoms with van der Waals surface area (Å²) in [7, 11) is 0. The van der Waals surface area contributed by atoms with Crippen molar-refractivity contribution in [2.45, 2.75) is 33.2 Å². The van der Waals surface area contributed by atoms with E-state index in [1.165, 1.54) is 6.42 Å². The number of nitrogens with two attached hydrogens (primary N) is 1. The Kier molecular flexibility index (Phi) is 2.54. The molecule has 0 unspecified atom stereocenters. The van der Waals surface area contributed by atoms with Crippen LogP contribution in [-0.4, -0.2) is 6.04 Å². The zero-order chi connectivity index (χ0) is 6.36. The van der Waals surface area contributed by atoms with Crippen LogP contribution in [0.1, 0.15) is 27.2 Å². The van der Waals surface area contributed by atoms with Gasteiger partial charge in [0, 0.05) is 6.04 Å². The first-order chi connectivity index (χ1) is 3.55. The van der Waals surface area contributed by atoms with Crippen LogP contribution in [0.4, 0.5) is 0 Å². The number of hydrogen-bond acceptors (Lipinski definition) is 1. The van der Waals surface area contributed by atoms with Crippen molar-refractivity contribution >= 4 is 12.4 Å². The fourth-order valence-corrected chi connectivity index (χ4v) is 1.19. The molecule has 1 rings (SSSR count). The second-order valence-electron chi connectivity index (χ2n) is 3.56. The fourth-order valence-electron chi connectivity index (χ4n) is 1.19. The molecule has 0 amide bonds. The maximum Gasteiger partial charge on any atom is 0.00955 e. The monoisotopic (exact) mass is 149 g/mol. The molecule has 0 aromatic heterocycles. The molecule has 1 nitrogen and oxygen atoms in total. The Morgan fingerprint density at radius 3 is 1.89 bits per heavy atom. The first-order valence-electron chi connectivity index (χ1n) is 3.30. The summed E-state index contributed by atoms with van der Waals surface area (Å²) in [6.45, 7) is 6.75. The molecule has 56 valence electrons. The van der Waals surface area contributed by atoms with E-state index in [0.29, 0.717) is 11.5 Å². The van der Waals surface area contributed by atoms with Gasteiger partial charge in [0.25, 0.3) is 0 Å². The van der Waals surface area contributed by atoms with Crippen molar-refractivity contribution < 1.29 is 0 Å². The highest BCUT2D eigenvalue weighted by molar-refractivity contribution is 5.85. The van der Waals surface area contributed by atoms with Crippen LogP contribution in [0.3, 0.4) is 0 Å². The van der Waals surface area contributed by atoms with Gasteiger partial charge >= 0.3 is 0 Å². The van der Waals surface area contributed by atoms with E-state index in [1.54, 1.807) is 0 Å². The molecule has 0 spiro atoms. The first-order valence-corrected chi connectivity index (χ1v) is 3.30.